The average Bonchev–Trinajstić information content (AvgIpc) is 3.00. The lowest BCUT2D eigenvalue weighted by Crippen LogP contribution is -2.29. The number of aromatic nitrogens is 1. The molecule has 1 aromatic heterocycles. The number of carbonyl (C=O) groups excluding carboxylic acids is 1. The largest absolute Gasteiger partial charge is 0.361 e. The Bertz CT molecular complexity index is 823. The summed E-state index contributed by atoms with van der Waals surface area (Å²) in [6.07, 6.45) is 3.13. The first-order valence-electron chi connectivity index (χ1n) is 8.28. The fraction of sp³-hybridized carbons (Fsp3) is 0.250. The molecule has 1 amide bonds. The van der Waals surface area contributed by atoms with Crippen LogP contribution in [0.1, 0.15) is 29.2 Å². The zero-order chi connectivity index (χ0) is 16.9. The molecule has 0 aliphatic rings. The Hall–Kier alpha value is -2.59. The van der Waals surface area contributed by atoms with E-state index in [1.54, 1.807) is 0 Å². The summed E-state index contributed by atoms with van der Waals surface area (Å²) in [5, 5.41) is 4.23. The van der Waals surface area contributed by atoms with Crippen molar-refractivity contribution in [3.05, 3.63) is 71.4 Å². The van der Waals surface area contributed by atoms with Gasteiger partial charge in [0.25, 0.3) is 0 Å². The van der Waals surface area contributed by atoms with Gasteiger partial charge in [-0.25, -0.2) is 0 Å². The number of nitrogens with two attached hydrogens (primary N) is 1. The maximum atomic E-state index is 12.1. The van der Waals surface area contributed by atoms with Crippen LogP contribution in [0.4, 0.5) is 0 Å². The second-order valence-electron chi connectivity index (χ2n) is 6.13. The molecule has 124 valence electrons. The van der Waals surface area contributed by atoms with Crippen molar-refractivity contribution < 1.29 is 4.79 Å². The predicted molar refractivity (Wildman–Crippen MR) is 97.7 cm³/mol. The summed E-state index contributed by atoms with van der Waals surface area (Å²) in [7, 11) is 0. The number of H-pyrrole nitrogens is 1. The van der Waals surface area contributed by atoms with Gasteiger partial charge in [0.2, 0.25) is 5.91 Å². The maximum absolute atomic E-state index is 12.1. The number of aryl methyl sites for hydroxylation is 1. The molecule has 0 fully saturated rings. The number of aromatic amines is 1. The smallest absolute Gasteiger partial charge is 0.221 e. The summed E-state index contributed by atoms with van der Waals surface area (Å²) >= 11 is 0. The number of rotatable bonds is 6. The molecule has 3 rings (SSSR count). The standard InChI is InChI=1S/C20H23N3O/c1-14-6-5-9-18-20(14)16(13-23-18)10-11-22-19(24)12-17(21)15-7-3-2-4-8-15/h2-9,13,17,23H,10-12,21H2,1H3,(H,22,24). The molecule has 0 saturated carbocycles. The minimum atomic E-state index is -0.262. The van der Waals surface area contributed by atoms with E-state index in [-0.39, 0.29) is 11.9 Å². The molecule has 1 unspecified atom stereocenters. The Morgan fingerprint density at radius 2 is 1.96 bits per heavy atom. The molecular formula is C20H23N3O. The van der Waals surface area contributed by atoms with Crippen LogP contribution in [-0.4, -0.2) is 17.4 Å². The van der Waals surface area contributed by atoms with Crippen molar-refractivity contribution in [2.75, 3.05) is 6.54 Å². The van der Waals surface area contributed by atoms with Gasteiger partial charge in [-0.05, 0) is 36.1 Å². The van der Waals surface area contributed by atoms with Gasteiger partial charge >= 0.3 is 0 Å². The van der Waals surface area contributed by atoms with E-state index >= 15 is 0 Å². The van der Waals surface area contributed by atoms with Crippen LogP contribution in [-0.2, 0) is 11.2 Å². The Morgan fingerprint density at radius 1 is 1.17 bits per heavy atom. The third-order valence-corrected chi connectivity index (χ3v) is 4.35. The highest BCUT2D eigenvalue weighted by Crippen LogP contribution is 2.22. The molecule has 0 saturated heterocycles. The van der Waals surface area contributed by atoms with Crippen LogP contribution in [0.3, 0.4) is 0 Å². The summed E-state index contributed by atoms with van der Waals surface area (Å²) in [6.45, 7) is 2.72. The van der Waals surface area contributed by atoms with E-state index in [1.807, 2.05) is 42.6 Å². The van der Waals surface area contributed by atoms with Crippen molar-refractivity contribution in [3.63, 3.8) is 0 Å². The molecule has 0 aliphatic carbocycles. The molecule has 24 heavy (non-hydrogen) atoms. The van der Waals surface area contributed by atoms with Crippen molar-refractivity contribution in [2.45, 2.75) is 25.8 Å². The summed E-state index contributed by atoms with van der Waals surface area (Å²) in [4.78, 5) is 15.4. The Balaban J connectivity index is 1.53. The molecule has 0 radical (unpaired) electrons. The first-order valence-corrected chi connectivity index (χ1v) is 8.28. The Kier molecular flexibility index (Phi) is 4.96. The van der Waals surface area contributed by atoms with E-state index in [4.69, 9.17) is 5.73 Å². The second-order valence-corrected chi connectivity index (χ2v) is 6.13. The molecule has 4 N–H and O–H groups in total. The molecule has 0 aliphatic heterocycles. The molecule has 0 spiro atoms. The van der Waals surface area contributed by atoms with E-state index in [1.165, 1.54) is 16.5 Å². The number of fused-ring (bicyclic) bond motifs is 1. The molecule has 1 heterocycles. The SMILES string of the molecule is Cc1cccc2[nH]cc(CCNC(=O)CC(N)c3ccccc3)c12. The summed E-state index contributed by atoms with van der Waals surface area (Å²) < 4.78 is 0. The van der Waals surface area contributed by atoms with Gasteiger partial charge in [0, 0.05) is 36.1 Å². The zero-order valence-corrected chi connectivity index (χ0v) is 13.9. The number of hydrogen-bond donors (Lipinski definition) is 3. The number of amides is 1. The zero-order valence-electron chi connectivity index (χ0n) is 13.9. The lowest BCUT2D eigenvalue weighted by molar-refractivity contribution is -0.121. The number of hydrogen-bond acceptors (Lipinski definition) is 2. The highest BCUT2D eigenvalue weighted by molar-refractivity contribution is 5.86. The van der Waals surface area contributed by atoms with Gasteiger partial charge in [-0.3, -0.25) is 4.79 Å². The first kappa shape index (κ1) is 16.3. The molecule has 1 atom stereocenters. The van der Waals surface area contributed by atoms with Gasteiger partial charge in [-0.2, -0.15) is 0 Å². The van der Waals surface area contributed by atoms with Crippen molar-refractivity contribution in [3.8, 4) is 0 Å². The van der Waals surface area contributed by atoms with Crippen LogP contribution in [0.2, 0.25) is 0 Å². The second kappa shape index (κ2) is 7.32. The van der Waals surface area contributed by atoms with Crippen molar-refractivity contribution in [1.82, 2.24) is 10.3 Å². The van der Waals surface area contributed by atoms with Gasteiger partial charge in [0.15, 0.2) is 0 Å². The monoisotopic (exact) mass is 321 g/mol. The van der Waals surface area contributed by atoms with Crippen molar-refractivity contribution >= 4 is 16.8 Å². The number of nitrogens with one attached hydrogen (secondary N) is 2. The number of benzene rings is 2. The van der Waals surface area contributed by atoms with Gasteiger partial charge < -0.3 is 16.0 Å². The summed E-state index contributed by atoms with van der Waals surface area (Å²) in [6, 6.07) is 15.7. The minimum absolute atomic E-state index is 0.0112. The lowest BCUT2D eigenvalue weighted by atomic mass is 10.0. The van der Waals surface area contributed by atoms with Crippen molar-refractivity contribution in [1.29, 1.82) is 0 Å². The van der Waals surface area contributed by atoms with Crippen LogP contribution < -0.4 is 11.1 Å². The van der Waals surface area contributed by atoms with E-state index in [9.17, 15) is 4.79 Å². The van der Waals surface area contributed by atoms with Gasteiger partial charge in [0.1, 0.15) is 0 Å². The minimum Gasteiger partial charge on any atom is -0.361 e. The fourth-order valence-corrected chi connectivity index (χ4v) is 3.08. The van der Waals surface area contributed by atoms with E-state index in [0.717, 1.165) is 17.5 Å². The van der Waals surface area contributed by atoms with E-state index in [2.05, 4.69) is 29.4 Å². The van der Waals surface area contributed by atoms with E-state index < -0.39 is 0 Å². The molecule has 4 heteroatoms. The predicted octanol–water partition coefficient (Wildman–Crippen LogP) is 3.23. The van der Waals surface area contributed by atoms with Gasteiger partial charge in [-0.1, -0.05) is 42.5 Å². The van der Waals surface area contributed by atoms with Gasteiger partial charge in [-0.15, -0.1) is 0 Å². The lowest BCUT2D eigenvalue weighted by Gasteiger charge is -2.12. The van der Waals surface area contributed by atoms with Crippen LogP contribution >= 0.6 is 0 Å². The summed E-state index contributed by atoms with van der Waals surface area (Å²) in [5.74, 6) is -0.0112. The van der Waals surface area contributed by atoms with Crippen molar-refractivity contribution in [2.24, 2.45) is 5.73 Å². The molecule has 0 bridgehead atoms. The van der Waals surface area contributed by atoms with Crippen LogP contribution in [0.25, 0.3) is 10.9 Å². The molecule has 2 aromatic carbocycles. The maximum Gasteiger partial charge on any atom is 0.221 e. The van der Waals surface area contributed by atoms with Gasteiger partial charge in [0.05, 0.1) is 0 Å². The third-order valence-electron chi connectivity index (χ3n) is 4.35. The third kappa shape index (κ3) is 3.66. The van der Waals surface area contributed by atoms with Crippen LogP contribution in [0, 0.1) is 6.92 Å². The molecular weight excluding hydrogens is 298 g/mol. The highest BCUT2D eigenvalue weighted by Gasteiger charge is 2.11. The molecule has 4 nitrogen and oxygen atoms in total. The topological polar surface area (TPSA) is 70.9 Å². The number of carbonyl (C=O) groups is 1. The quantitative estimate of drug-likeness (QED) is 0.652. The fourth-order valence-electron chi connectivity index (χ4n) is 3.08. The Morgan fingerprint density at radius 3 is 2.75 bits per heavy atom. The Labute approximate surface area is 142 Å². The van der Waals surface area contributed by atoms with Crippen LogP contribution in [0.15, 0.2) is 54.7 Å². The first-order chi connectivity index (χ1) is 11.6. The highest BCUT2D eigenvalue weighted by atomic mass is 16.1. The average molecular weight is 321 g/mol. The normalized spacial score (nSPS) is 12.2. The van der Waals surface area contributed by atoms with E-state index in [0.29, 0.717) is 13.0 Å². The van der Waals surface area contributed by atoms with Crippen LogP contribution in [0.5, 0.6) is 0 Å². The molecule has 3 aromatic rings. The summed E-state index contributed by atoms with van der Waals surface area (Å²) in [5.41, 5.74) is 10.7.